The van der Waals surface area contributed by atoms with Gasteiger partial charge in [0.1, 0.15) is 0 Å². The van der Waals surface area contributed by atoms with Gasteiger partial charge in [0.25, 0.3) is 0 Å². The quantitative estimate of drug-likeness (QED) is 0.722. The van der Waals surface area contributed by atoms with Crippen LogP contribution in [0.4, 0.5) is 0 Å². The molecule has 80 valence electrons. The fraction of sp³-hybridized carbons (Fsp3) is 0.429. The maximum atomic E-state index is 3.47. The molecule has 1 aliphatic rings. The standard InChI is InChI=1S/C14H19N/c1-2-6-13(7-3-1)10-5-11-15-12-14-8-4-9-14/h1-3,5-7,10,14-15H,4,8-9,11-12H2. The molecule has 1 N–H and O–H groups in total. The van der Waals surface area contributed by atoms with Crippen molar-refractivity contribution in [1.82, 2.24) is 5.32 Å². The Labute approximate surface area is 92.2 Å². The van der Waals surface area contributed by atoms with Gasteiger partial charge in [0.05, 0.1) is 0 Å². The summed E-state index contributed by atoms with van der Waals surface area (Å²) in [6.07, 6.45) is 8.67. The van der Waals surface area contributed by atoms with Crippen LogP contribution in [0.25, 0.3) is 6.08 Å². The van der Waals surface area contributed by atoms with Gasteiger partial charge < -0.3 is 5.32 Å². The third-order valence-electron chi connectivity index (χ3n) is 3.03. The van der Waals surface area contributed by atoms with Gasteiger partial charge in [-0.3, -0.25) is 0 Å². The van der Waals surface area contributed by atoms with Crippen LogP contribution >= 0.6 is 0 Å². The zero-order chi connectivity index (χ0) is 10.3. The van der Waals surface area contributed by atoms with Crippen LogP contribution in [0.2, 0.25) is 0 Å². The lowest BCUT2D eigenvalue weighted by molar-refractivity contribution is 0.306. The van der Waals surface area contributed by atoms with E-state index >= 15 is 0 Å². The summed E-state index contributed by atoms with van der Waals surface area (Å²) in [7, 11) is 0. The molecule has 0 saturated heterocycles. The molecule has 1 aromatic rings. The minimum Gasteiger partial charge on any atom is -0.313 e. The number of rotatable bonds is 5. The van der Waals surface area contributed by atoms with Crippen LogP contribution in [0.1, 0.15) is 24.8 Å². The molecule has 0 unspecified atom stereocenters. The van der Waals surface area contributed by atoms with Crippen LogP contribution in [-0.4, -0.2) is 13.1 Å². The first-order valence-corrected chi connectivity index (χ1v) is 5.87. The first-order chi connectivity index (χ1) is 7.45. The van der Waals surface area contributed by atoms with Crippen LogP contribution < -0.4 is 5.32 Å². The lowest BCUT2D eigenvalue weighted by Crippen LogP contribution is -2.27. The van der Waals surface area contributed by atoms with Gasteiger partial charge in [0, 0.05) is 6.54 Å². The maximum absolute atomic E-state index is 3.47. The Morgan fingerprint density at radius 2 is 2.00 bits per heavy atom. The van der Waals surface area contributed by atoms with Crippen LogP contribution in [0.3, 0.4) is 0 Å². The largest absolute Gasteiger partial charge is 0.313 e. The van der Waals surface area contributed by atoms with Crippen LogP contribution in [0.15, 0.2) is 36.4 Å². The highest BCUT2D eigenvalue weighted by molar-refractivity contribution is 5.48. The molecule has 1 nitrogen and oxygen atoms in total. The highest BCUT2D eigenvalue weighted by Crippen LogP contribution is 2.24. The van der Waals surface area contributed by atoms with E-state index in [9.17, 15) is 0 Å². The van der Waals surface area contributed by atoms with Gasteiger partial charge in [0.15, 0.2) is 0 Å². The van der Waals surface area contributed by atoms with Gasteiger partial charge in [-0.15, -0.1) is 0 Å². The molecule has 0 aromatic heterocycles. The van der Waals surface area contributed by atoms with Gasteiger partial charge in [0.2, 0.25) is 0 Å². The summed E-state index contributed by atoms with van der Waals surface area (Å²) in [6, 6.07) is 10.4. The monoisotopic (exact) mass is 201 g/mol. The van der Waals surface area contributed by atoms with E-state index < -0.39 is 0 Å². The molecule has 0 spiro atoms. The minimum atomic E-state index is 0.954. The molecule has 1 heteroatoms. The average molecular weight is 201 g/mol. The summed E-state index contributed by atoms with van der Waals surface area (Å²) < 4.78 is 0. The predicted octanol–water partition coefficient (Wildman–Crippen LogP) is 3.09. The molecule has 0 aliphatic heterocycles. The van der Waals surface area contributed by atoms with E-state index in [0.29, 0.717) is 0 Å². The molecule has 1 aromatic carbocycles. The van der Waals surface area contributed by atoms with Gasteiger partial charge in [-0.05, 0) is 30.9 Å². The molecule has 0 heterocycles. The molecule has 0 radical (unpaired) electrons. The maximum Gasteiger partial charge on any atom is 0.0138 e. The molecule has 15 heavy (non-hydrogen) atoms. The lowest BCUT2D eigenvalue weighted by atomic mass is 9.85. The first kappa shape index (κ1) is 10.4. The Morgan fingerprint density at radius 3 is 2.67 bits per heavy atom. The molecule has 1 aliphatic carbocycles. The second-order valence-electron chi connectivity index (χ2n) is 4.27. The van der Waals surface area contributed by atoms with Crippen molar-refractivity contribution in [3.63, 3.8) is 0 Å². The summed E-state index contributed by atoms with van der Waals surface area (Å²) in [5.74, 6) is 0.954. The summed E-state index contributed by atoms with van der Waals surface area (Å²) in [6.45, 7) is 2.19. The van der Waals surface area contributed by atoms with Crippen molar-refractivity contribution in [2.24, 2.45) is 5.92 Å². The molecule has 0 amide bonds. The van der Waals surface area contributed by atoms with Gasteiger partial charge >= 0.3 is 0 Å². The number of nitrogens with one attached hydrogen (secondary N) is 1. The van der Waals surface area contributed by atoms with Crippen molar-refractivity contribution >= 4 is 6.08 Å². The Hall–Kier alpha value is -1.08. The summed E-state index contributed by atoms with van der Waals surface area (Å²) in [5.41, 5.74) is 1.28. The van der Waals surface area contributed by atoms with E-state index in [1.807, 2.05) is 6.07 Å². The summed E-state index contributed by atoms with van der Waals surface area (Å²) in [5, 5.41) is 3.47. The van der Waals surface area contributed by atoms with E-state index in [1.165, 1.54) is 31.4 Å². The topological polar surface area (TPSA) is 12.0 Å². The van der Waals surface area contributed by atoms with Gasteiger partial charge in [-0.2, -0.15) is 0 Å². The second kappa shape index (κ2) is 5.72. The van der Waals surface area contributed by atoms with Crippen molar-refractivity contribution in [3.8, 4) is 0 Å². The molecule has 1 saturated carbocycles. The van der Waals surface area contributed by atoms with Crippen molar-refractivity contribution < 1.29 is 0 Å². The zero-order valence-corrected chi connectivity index (χ0v) is 9.15. The average Bonchev–Trinajstić information content (AvgIpc) is 2.22. The predicted molar refractivity (Wildman–Crippen MR) is 65.7 cm³/mol. The number of benzene rings is 1. The number of hydrogen-bond donors (Lipinski definition) is 1. The lowest BCUT2D eigenvalue weighted by Gasteiger charge is -2.25. The van der Waals surface area contributed by atoms with E-state index in [1.54, 1.807) is 0 Å². The Morgan fingerprint density at radius 1 is 1.20 bits per heavy atom. The fourth-order valence-corrected chi connectivity index (χ4v) is 1.83. The van der Waals surface area contributed by atoms with E-state index in [0.717, 1.165) is 12.5 Å². The normalized spacial score (nSPS) is 16.8. The molecular formula is C14H19N. The Balaban J connectivity index is 1.62. The Bertz CT molecular complexity index is 298. The fourth-order valence-electron chi connectivity index (χ4n) is 1.83. The minimum absolute atomic E-state index is 0.954. The van der Waals surface area contributed by atoms with Crippen molar-refractivity contribution in [2.45, 2.75) is 19.3 Å². The van der Waals surface area contributed by atoms with Crippen molar-refractivity contribution in [1.29, 1.82) is 0 Å². The Kier molecular flexibility index (Phi) is 3.98. The van der Waals surface area contributed by atoms with Gasteiger partial charge in [-0.25, -0.2) is 0 Å². The highest BCUT2D eigenvalue weighted by Gasteiger charge is 2.15. The smallest absolute Gasteiger partial charge is 0.0138 e. The second-order valence-corrected chi connectivity index (χ2v) is 4.27. The number of hydrogen-bond acceptors (Lipinski definition) is 1. The third kappa shape index (κ3) is 3.52. The van der Waals surface area contributed by atoms with Crippen molar-refractivity contribution in [3.05, 3.63) is 42.0 Å². The zero-order valence-electron chi connectivity index (χ0n) is 9.15. The van der Waals surface area contributed by atoms with Crippen LogP contribution in [0.5, 0.6) is 0 Å². The summed E-state index contributed by atoms with van der Waals surface area (Å²) in [4.78, 5) is 0. The van der Waals surface area contributed by atoms with Crippen LogP contribution in [0, 0.1) is 5.92 Å². The highest BCUT2D eigenvalue weighted by atomic mass is 14.8. The summed E-state index contributed by atoms with van der Waals surface area (Å²) >= 11 is 0. The van der Waals surface area contributed by atoms with E-state index in [4.69, 9.17) is 0 Å². The third-order valence-corrected chi connectivity index (χ3v) is 3.03. The van der Waals surface area contributed by atoms with Crippen molar-refractivity contribution in [2.75, 3.05) is 13.1 Å². The molecular weight excluding hydrogens is 182 g/mol. The molecule has 0 atom stereocenters. The molecule has 0 bridgehead atoms. The van der Waals surface area contributed by atoms with E-state index in [2.05, 4.69) is 41.7 Å². The molecule has 2 rings (SSSR count). The van der Waals surface area contributed by atoms with Crippen LogP contribution in [-0.2, 0) is 0 Å². The first-order valence-electron chi connectivity index (χ1n) is 5.87. The molecule has 1 fully saturated rings. The van der Waals surface area contributed by atoms with E-state index in [-0.39, 0.29) is 0 Å². The van der Waals surface area contributed by atoms with Gasteiger partial charge in [-0.1, -0.05) is 48.9 Å². The SMILES string of the molecule is C(=Cc1ccccc1)CNCC1CCC1.